The highest BCUT2D eigenvalue weighted by Crippen LogP contribution is 2.40. The van der Waals surface area contributed by atoms with Gasteiger partial charge in [0.05, 0.1) is 6.10 Å². The summed E-state index contributed by atoms with van der Waals surface area (Å²) in [4.78, 5) is 0. The maximum atomic E-state index is 10.1. The van der Waals surface area contributed by atoms with E-state index in [2.05, 4.69) is 34.6 Å². The number of aliphatic hydroxyl groups is 1. The lowest BCUT2D eigenvalue weighted by Gasteiger charge is -2.40. The molecule has 0 aromatic rings. The molecule has 0 saturated carbocycles. The van der Waals surface area contributed by atoms with E-state index < -0.39 is 0 Å². The lowest BCUT2D eigenvalue weighted by atomic mass is 9.68. The molecular formula is C12H26O. The summed E-state index contributed by atoms with van der Waals surface area (Å²) >= 11 is 0. The maximum absolute atomic E-state index is 10.1. The Balaban J connectivity index is 4.54. The highest BCUT2D eigenvalue weighted by molar-refractivity contribution is 4.86. The molecule has 0 aliphatic heterocycles. The van der Waals surface area contributed by atoms with Crippen LogP contribution in [0.5, 0.6) is 0 Å². The van der Waals surface area contributed by atoms with Crippen LogP contribution in [0.2, 0.25) is 0 Å². The molecule has 0 spiro atoms. The standard InChI is InChI=1S/C12H26O/c1-6-9-11(13)12(7-2,8-3)10(4)5/h10-11,13H,6-9H2,1-5H3/t11-/m0/s1. The summed E-state index contributed by atoms with van der Waals surface area (Å²) in [6.45, 7) is 11.0. The molecule has 1 heteroatoms. The molecule has 0 aliphatic carbocycles. The van der Waals surface area contributed by atoms with Crippen molar-refractivity contribution in [2.45, 2.75) is 66.4 Å². The molecule has 0 aromatic heterocycles. The first-order valence-corrected chi connectivity index (χ1v) is 5.73. The van der Waals surface area contributed by atoms with E-state index in [9.17, 15) is 5.11 Å². The summed E-state index contributed by atoms with van der Waals surface area (Å²) in [5.74, 6) is 0.573. The molecule has 0 bridgehead atoms. The average Bonchev–Trinajstić information content (AvgIpc) is 2.07. The Morgan fingerprint density at radius 1 is 1.08 bits per heavy atom. The molecule has 0 fully saturated rings. The Morgan fingerprint density at radius 2 is 1.54 bits per heavy atom. The zero-order valence-corrected chi connectivity index (χ0v) is 9.93. The second-order valence-corrected chi connectivity index (χ2v) is 4.40. The fourth-order valence-electron chi connectivity index (χ4n) is 2.48. The largest absolute Gasteiger partial charge is 0.393 e. The van der Waals surface area contributed by atoms with Gasteiger partial charge in [0.25, 0.3) is 0 Å². The molecule has 0 rings (SSSR count). The van der Waals surface area contributed by atoms with Gasteiger partial charge in [0, 0.05) is 0 Å². The lowest BCUT2D eigenvalue weighted by Crippen LogP contribution is -2.38. The third-order valence-corrected chi connectivity index (χ3v) is 3.69. The molecule has 1 nitrogen and oxygen atoms in total. The van der Waals surface area contributed by atoms with Gasteiger partial charge < -0.3 is 5.11 Å². The Labute approximate surface area is 83.5 Å². The van der Waals surface area contributed by atoms with Crippen LogP contribution in [0.25, 0.3) is 0 Å². The molecule has 0 heterocycles. The van der Waals surface area contributed by atoms with E-state index in [4.69, 9.17) is 0 Å². The summed E-state index contributed by atoms with van der Waals surface area (Å²) in [6.07, 6.45) is 4.08. The van der Waals surface area contributed by atoms with Crippen LogP contribution in [0.15, 0.2) is 0 Å². The van der Waals surface area contributed by atoms with Crippen molar-refractivity contribution in [2.24, 2.45) is 11.3 Å². The first kappa shape index (κ1) is 13.0. The third kappa shape index (κ3) is 2.70. The van der Waals surface area contributed by atoms with E-state index in [0.29, 0.717) is 5.92 Å². The SMILES string of the molecule is CCC[C@H](O)C(CC)(CC)C(C)C. The molecule has 1 atom stereocenters. The Hall–Kier alpha value is -0.0400. The minimum absolute atomic E-state index is 0.118. The van der Waals surface area contributed by atoms with Gasteiger partial charge >= 0.3 is 0 Å². The number of rotatable bonds is 6. The highest BCUT2D eigenvalue weighted by Gasteiger charge is 2.36. The smallest absolute Gasteiger partial charge is 0.0598 e. The van der Waals surface area contributed by atoms with E-state index >= 15 is 0 Å². The molecule has 0 saturated heterocycles. The molecule has 0 aromatic carbocycles. The summed E-state index contributed by atoms with van der Waals surface area (Å²) in [6, 6.07) is 0. The summed E-state index contributed by atoms with van der Waals surface area (Å²) in [7, 11) is 0. The van der Waals surface area contributed by atoms with Crippen LogP contribution in [0.4, 0.5) is 0 Å². The topological polar surface area (TPSA) is 20.2 Å². The van der Waals surface area contributed by atoms with Gasteiger partial charge in [0.1, 0.15) is 0 Å². The Kier molecular flexibility index (Phi) is 5.62. The third-order valence-electron chi connectivity index (χ3n) is 3.69. The molecule has 0 aliphatic rings. The van der Waals surface area contributed by atoms with Gasteiger partial charge in [-0.3, -0.25) is 0 Å². The van der Waals surface area contributed by atoms with Crippen LogP contribution in [0.3, 0.4) is 0 Å². The van der Waals surface area contributed by atoms with Crippen molar-refractivity contribution in [2.75, 3.05) is 0 Å². The summed E-state index contributed by atoms with van der Waals surface area (Å²) < 4.78 is 0. The van der Waals surface area contributed by atoms with Gasteiger partial charge in [0.2, 0.25) is 0 Å². The molecule has 0 unspecified atom stereocenters. The van der Waals surface area contributed by atoms with Gasteiger partial charge in [-0.15, -0.1) is 0 Å². The van der Waals surface area contributed by atoms with Crippen LogP contribution >= 0.6 is 0 Å². The molecule has 80 valence electrons. The quantitative estimate of drug-likeness (QED) is 0.672. The number of hydrogen-bond donors (Lipinski definition) is 1. The van der Waals surface area contributed by atoms with E-state index in [1.54, 1.807) is 0 Å². The predicted molar refractivity (Wildman–Crippen MR) is 58.8 cm³/mol. The van der Waals surface area contributed by atoms with Gasteiger partial charge in [-0.05, 0) is 30.6 Å². The van der Waals surface area contributed by atoms with Crippen LogP contribution in [0.1, 0.15) is 60.3 Å². The molecule has 1 N–H and O–H groups in total. The van der Waals surface area contributed by atoms with E-state index in [0.717, 1.165) is 25.7 Å². The molecular weight excluding hydrogens is 160 g/mol. The fraction of sp³-hybridized carbons (Fsp3) is 1.00. The first-order chi connectivity index (χ1) is 6.05. The number of hydrogen-bond acceptors (Lipinski definition) is 1. The van der Waals surface area contributed by atoms with Crippen molar-refractivity contribution >= 4 is 0 Å². The zero-order chi connectivity index (χ0) is 10.5. The molecule has 0 radical (unpaired) electrons. The average molecular weight is 186 g/mol. The van der Waals surface area contributed by atoms with E-state index in [-0.39, 0.29) is 11.5 Å². The monoisotopic (exact) mass is 186 g/mol. The minimum atomic E-state index is -0.118. The first-order valence-electron chi connectivity index (χ1n) is 5.73. The van der Waals surface area contributed by atoms with Gasteiger partial charge in [-0.25, -0.2) is 0 Å². The van der Waals surface area contributed by atoms with Crippen LogP contribution < -0.4 is 0 Å². The predicted octanol–water partition coefficient (Wildman–Crippen LogP) is 3.61. The van der Waals surface area contributed by atoms with Crippen molar-refractivity contribution in [1.29, 1.82) is 0 Å². The Morgan fingerprint density at radius 3 is 1.77 bits per heavy atom. The van der Waals surface area contributed by atoms with Crippen molar-refractivity contribution in [3.63, 3.8) is 0 Å². The van der Waals surface area contributed by atoms with Crippen molar-refractivity contribution in [1.82, 2.24) is 0 Å². The van der Waals surface area contributed by atoms with Crippen molar-refractivity contribution in [3.05, 3.63) is 0 Å². The lowest BCUT2D eigenvalue weighted by molar-refractivity contribution is -0.0227. The van der Waals surface area contributed by atoms with E-state index in [1.165, 1.54) is 0 Å². The number of aliphatic hydroxyl groups excluding tert-OH is 1. The summed E-state index contributed by atoms with van der Waals surface area (Å²) in [5, 5.41) is 10.1. The Bertz CT molecular complexity index is 125. The second kappa shape index (κ2) is 5.64. The molecule has 13 heavy (non-hydrogen) atoms. The van der Waals surface area contributed by atoms with Crippen LogP contribution in [-0.2, 0) is 0 Å². The molecule has 0 amide bonds. The maximum Gasteiger partial charge on any atom is 0.0598 e. The van der Waals surface area contributed by atoms with Gasteiger partial charge in [-0.1, -0.05) is 41.0 Å². The summed E-state index contributed by atoms with van der Waals surface area (Å²) in [5.41, 5.74) is 0.149. The zero-order valence-electron chi connectivity index (χ0n) is 9.93. The second-order valence-electron chi connectivity index (χ2n) is 4.40. The highest BCUT2D eigenvalue weighted by atomic mass is 16.3. The van der Waals surface area contributed by atoms with Crippen molar-refractivity contribution < 1.29 is 5.11 Å². The van der Waals surface area contributed by atoms with Crippen molar-refractivity contribution in [3.8, 4) is 0 Å². The van der Waals surface area contributed by atoms with E-state index in [1.807, 2.05) is 0 Å². The van der Waals surface area contributed by atoms with Crippen LogP contribution in [-0.4, -0.2) is 11.2 Å². The normalized spacial score (nSPS) is 15.0. The fourth-order valence-corrected chi connectivity index (χ4v) is 2.48. The van der Waals surface area contributed by atoms with Crippen LogP contribution in [0, 0.1) is 11.3 Å². The van der Waals surface area contributed by atoms with Gasteiger partial charge in [-0.2, -0.15) is 0 Å². The van der Waals surface area contributed by atoms with Gasteiger partial charge in [0.15, 0.2) is 0 Å². The minimum Gasteiger partial charge on any atom is -0.393 e.